The average molecular weight is 462 g/mol. The van der Waals surface area contributed by atoms with Crippen molar-refractivity contribution in [3.05, 3.63) is 54.1 Å². The molecule has 2 aromatic carbocycles. The summed E-state index contributed by atoms with van der Waals surface area (Å²) >= 11 is 0. The zero-order valence-corrected chi connectivity index (χ0v) is 18.5. The fraction of sp³-hybridized carbons (Fsp3) is 0.348. The summed E-state index contributed by atoms with van der Waals surface area (Å²) in [5.41, 5.74) is 0.783. The summed E-state index contributed by atoms with van der Waals surface area (Å²) in [5.74, 6) is 0.385. The number of benzene rings is 2. The van der Waals surface area contributed by atoms with Crippen molar-refractivity contribution in [2.45, 2.75) is 26.4 Å². The predicted molar refractivity (Wildman–Crippen MR) is 117 cm³/mol. The first-order valence-corrected chi connectivity index (χ1v) is 10.3. The van der Waals surface area contributed by atoms with Crippen LogP contribution in [0.3, 0.4) is 0 Å². The second kappa shape index (κ2) is 10.5. The molecule has 0 bridgehead atoms. The van der Waals surface area contributed by atoms with Gasteiger partial charge < -0.3 is 14.8 Å². The number of hydrogen-bond acceptors (Lipinski definition) is 5. The van der Waals surface area contributed by atoms with Crippen LogP contribution in [0.2, 0.25) is 0 Å². The Morgan fingerprint density at radius 3 is 2.48 bits per heavy atom. The van der Waals surface area contributed by atoms with Gasteiger partial charge in [-0.1, -0.05) is 32.0 Å². The largest absolute Gasteiger partial charge is 0.460 e. The molecule has 0 fully saturated rings. The smallest absolute Gasteiger partial charge is 0.416 e. The van der Waals surface area contributed by atoms with E-state index in [0.29, 0.717) is 35.8 Å². The van der Waals surface area contributed by atoms with Crippen LogP contribution in [0.25, 0.3) is 17.1 Å². The normalized spacial score (nSPS) is 11.6. The van der Waals surface area contributed by atoms with Gasteiger partial charge in [-0.05, 0) is 36.2 Å². The quantitative estimate of drug-likeness (QED) is 0.455. The van der Waals surface area contributed by atoms with E-state index >= 15 is 0 Å². The summed E-state index contributed by atoms with van der Waals surface area (Å²) in [4.78, 5) is 16.5. The van der Waals surface area contributed by atoms with Gasteiger partial charge in [0.05, 0.1) is 17.9 Å². The van der Waals surface area contributed by atoms with Crippen LogP contribution in [0.5, 0.6) is 6.01 Å². The number of methoxy groups -OCH3 is 1. The lowest BCUT2D eigenvalue weighted by Crippen LogP contribution is -2.14. The van der Waals surface area contributed by atoms with Crippen LogP contribution in [0, 0.1) is 5.92 Å². The molecule has 1 heterocycles. The van der Waals surface area contributed by atoms with Gasteiger partial charge in [-0.15, -0.1) is 5.10 Å². The Kier molecular flexibility index (Phi) is 7.70. The third-order valence-electron chi connectivity index (χ3n) is 4.54. The Morgan fingerprint density at radius 2 is 1.85 bits per heavy atom. The van der Waals surface area contributed by atoms with E-state index in [0.717, 1.165) is 12.1 Å². The minimum atomic E-state index is -4.44. The van der Waals surface area contributed by atoms with Crippen LogP contribution >= 0.6 is 0 Å². The standard InChI is InChI=1S/C23H25F3N4O3/c1-15(2)13-20(31)27-18-5-4-6-19(14-18)30-21(28-22(29-30)33-12-11-32-3)16-7-9-17(10-8-16)23(24,25)26/h4-10,14-15H,11-13H2,1-3H3,(H,27,31). The highest BCUT2D eigenvalue weighted by Gasteiger charge is 2.30. The molecular weight excluding hydrogens is 437 g/mol. The monoisotopic (exact) mass is 462 g/mol. The Balaban J connectivity index is 1.96. The van der Waals surface area contributed by atoms with Crippen LogP contribution in [0.15, 0.2) is 48.5 Å². The number of hydrogen-bond donors (Lipinski definition) is 1. The van der Waals surface area contributed by atoms with Crippen molar-refractivity contribution >= 4 is 11.6 Å². The van der Waals surface area contributed by atoms with E-state index in [1.54, 1.807) is 24.3 Å². The minimum absolute atomic E-state index is 0.0520. The van der Waals surface area contributed by atoms with Gasteiger partial charge in [-0.25, -0.2) is 4.68 Å². The lowest BCUT2D eigenvalue weighted by Gasteiger charge is -2.11. The first-order chi connectivity index (χ1) is 15.7. The summed E-state index contributed by atoms with van der Waals surface area (Å²) in [6, 6.07) is 11.6. The van der Waals surface area contributed by atoms with Crippen LogP contribution in [0.1, 0.15) is 25.8 Å². The zero-order valence-electron chi connectivity index (χ0n) is 18.5. The lowest BCUT2D eigenvalue weighted by molar-refractivity contribution is -0.137. The number of aromatic nitrogens is 3. The van der Waals surface area contributed by atoms with Gasteiger partial charge in [0.25, 0.3) is 0 Å². The zero-order chi connectivity index (χ0) is 24.0. The van der Waals surface area contributed by atoms with Crippen molar-refractivity contribution in [1.82, 2.24) is 14.8 Å². The second-order valence-electron chi connectivity index (χ2n) is 7.74. The molecule has 0 unspecified atom stereocenters. The van der Waals surface area contributed by atoms with Crippen molar-refractivity contribution in [3.63, 3.8) is 0 Å². The molecule has 0 spiro atoms. The van der Waals surface area contributed by atoms with Crippen molar-refractivity contribution in [2.75, 3.05) is 25.6 Å². The molecule has 1 aromatic heterocycles. The average Bonchev–Trinajstić information content (AvgIpc) is 3.17. The van der Waals surface area contributed by atoms with E-state index in [1.807, 2.05) is 13.8 Å². The van der Waals surface area contributed by atoms with Crippen molar-refractivity contribution < 1.29 is 27.4 Å². The number of halogens is 3. The number of rotatable bonds is 9. The number of ether oxygens (including phenoxy) is 2. The molecule has 0 atom stereocenters. The van der Waals surface area contributed by atoms with E-state index in [1.165, 1.54) is 23.9 Å². The molecule has 7 nitrogen and oxygen atoms in total. The fourth-order valence-corrected chi connectivity index (χ4v) is 3.04. The topological polar surface area (TPSA) is 78.3 Å². The molecule has 33 heavy (non-hydrogen) atoms. The number of carbonyl (C=O) groups is 1. The van der Waals surface area contributed by atoms with Gasteiger partial charge >= 0.3 is 12.2 Å². The number of nitrogens with zero attached hydrogens (tertiary/aromatic N) is 3. The predicted octanol–water partition coefficient (Wildman–Crippen LogP) is 4.96. The summed E-state index contributed by atoms with van der Waals surface area (Å²) in [6.45, 7) is 4.43. The highest BCUT2D eigenvalue weighted by atomic mass is 19.4. The maximum absolute atomic E-state index is 13.0. The molecular formula is C23H25F3N4O3. The maximum Gasteiger partial charge on any atom is 0.416 e. The van der Waals surface area contributed by atoms with E-state index in [-0.39, 0.29) is 24.4 Å². The molecule has 3 aromatic rings. The number of carbonyl (C=O) groups excluding carboxylic acids is 1. The van der Waals surface area contributed by atoms with E-state index < -0.39 is 11.7 Å². The molecule has 3 rings (SSSR count). The van der Waals surface area contributed by atoms with Gasteiger partial charge in [0.2, 0.25) is 5.91 Å². The van der Waals surface area contributed by atoms with Gasteiger partial charge in [-0.3, -0.25) is 4.79 Å². The summed E-state index contributed by atoms with van der Waals surface area (Å²) < 4.78 is 50.8. The van der Waals surface area contributed by atoms with Crippen LogP contribution in [-0.2, 0) is 15.7 Å². The van der Waals surface area contributed by atoms with Crippen molar-refractivity contribution in [3.8, 4) is 23.1 Å². The third kappa shape index (κ3) is 6.55. The van der Waals surface area contributed by atoms with Crippen molar-refractivity contribution in [2.24, 2.45) is 5.92 Å². The number of nitrogens with one attached hydrogen (secondary N) is 1. The Morgan fingerprint density at radius 1 is 1.12 bits per heavy atom. The molecule has 0 radical (unpaired) electrons. The molecule has 0 saturated carbocycles. The summed E-state index contributed by atoms with van der Waals surface area (Å²) in [7, 11) is 1.53. The molecule has 1 amide bonds. The molecule has 1 N–H and O–H groups in total. The SMILES string of the molecule is COCCOc1nc(-c2ccc(C(F)(F)F)cc2)n(-c2cccc(NC(=O)CC(C)C)c2)n1. The molecule has 10 heteroatoms. The second-order valence-corrected chi connectivity index (χ2v) is 7.74. The number of amides is 1. The van der Waals surface area contributed by atoms with Crippen molar-refractivity contribution in [1.29, 1.82) is 0 Å². The van der Waals surface area contributed by atoms with E-state index in [4.69, 9.17) is 9.47 Å². The Bertz CT molecular complexity index is 1080. The van der Waals surface area contributed by atoms with Gasteiger partial charge in [0, 0.05) is 24.8 Å². The van der Waals surface area contributed by atoms with Crippen LogP contribution < -0.4 is 10.1 Å². The molecule has 0 aliphatic heterocycles. The summed E-state index contributed by atoms with van der Waals surface area (Å²) in [5, 5.41) is 7.20. The molecule has 0 aliphatic carbocycles. The van der Waals surface area contributed by atoms with E-state index in [9.17, 15) is 18.0 Å². The van der Waals surface area contributed by atoms with Crippen LogP contribution in [-0.4, -0.2) is 41.0 Å². The lowest BCUT2D eigenvalue weighted by atomic mass is 10.1. The minimum Gasteiger partial charge on any atom is -0.460 e. The highest BCUT2D eigenvalue weighted by Crippen LogP contribution is 2.31. The Labute approximate surface area is 189 Å². The first-order valence-electron chi connectivity index (χ1n) is 10.3. The number of alkyl halides is 3. The number of anilines is 1. The third-order valence-corrected chi connectivity index (χ3v) is 4.54. The molecule has 0 aliphatic rings. The van der Waals surface area contributed by atoms with E-state index in [2.05, 4.69) is 15.4 Å². The van der Waals surface area contributed by atoms with Gasteiger partial charge in [0.15, 0.2) is 5.82 Å². The fourth-order valence-electron chi connectivity index (χ4n) is 3.04. The molecule has 176 valence electrons. The Hall–Kier alpha value is -3.40. The van der Waals surface area contributed by atoms with Gasteiger partial charge in [-0.2, -0.15) is 18.2 Å². The van der Waals surface area contributed by atoms with Crippen LogP contribution in [0.4, 0.5) is 18.9 Å². The molecule has 0 saturated heterocycles. The highest BCUT2D eigenvalue weighted by molar-refractivity contribution is 5.91. The maximum atomic E-state index is 13.0. The summed E-state index contributed by atoms with van der Waals surface area (Å²) in [6.07, 6.45) is -4.06. The first kappa shape index (κ1) is 24.2. The van der Waals surface area contributed by atoms with Gasteiger partial charge in [0.1, 0.15) is 6.61 Å².